The molecule has 0 saturated carbocycles. The van der Waals surface area contributed by atoms with E-state index >= 15 is 0 Å². The number of carbonyl (C=O) groups excluding carboxylic acids is 1. The SMILES string of the molecule is CCCC(CC1C(=O)c2ccccc2N1[O-])Nc1nc(Cl)c(C#N)cc1F. The number of aromatic nitrogens is 1. The average molecular weight is 388 g/mol. The lowest BCUT2D eigenvalue weighted by atomic mass is 9.99. The Labute approximate surface area is 161 Å². The van der Waals surface area contributed by atoms with Crippen molar-refractivity contribution in [1.29, 1.82) is 5.26 Å². The third-order valence-corrected chi connectivity index (χ3v) is 4.82. The minimum atomic E-state index is -0.872. The molecule has 0 fully saturated rings. The number of carbonyl (C=O) groups is 1. The van der Waals surface area contributed by atoms with E-state index in [1.54, 1.807) is 30.3 Å². The van der Waals surface area contributed by atoms with Crippen molar-refractivity contribution in [3.63, 3.8) is 0 Å². The lowest BCUT2D eigenvalue weighted by Gasteiger charge is -2.34. The summed E-state index contributed by atoms with van der Waals surface area (Å²) in [7, 11) is 0. The fourth-order valence-electron chi connectivity index (χ4n) is 3.24. The molecule has 0 saturated heterocycles. The Hall–Kier alpha value is -2.69. The van der Waals surface area contributed by atoms with Gasteiger partial charge in [-0.15, -0.1) is 0 Å². The molecule has 6 nitrogen and oxygen atoms in total. The number of anilines is 2. The van der Waals surface area contributed by atoms with E-state index in [-0.39, 0.29) is 34.8 Å². The van der Waals surface area contributed by atoms with E-state index in [0.717, 1.165) is 17.6 Å². The molecule has 27 heavy (non-hydrogen) atoms. The number of hydrogen-bond donors (Lipinski definition) is 1. The molecule has 0 bridgehead atoms. The number of hydroxylamine groups is 1. The lowest BCUT2D eigenvalue weighted by molar-refractivity contribution is 0.0967. The van der Waals surface area contributed by atoms with E-state index < -0.39 is 11.9 Å². The average Bonchev–Trinajstić information content (AvgIpc) is 2.90. The van der Waals surface area contributed by atoms with Gasteiger partial charge in [0.25, 0.3) is 0 Å². The normalized spacial score (nSPS) is 16.8. The van der Waals surface area contributed by atoms with Crippen LogP contribution in [0.2, 0.25) is 5.15 Å². The van der Waals surface area contributed by atoms with Gasteiger partial charge in [-0.1, -0.05) is 37.1 Å². The summed E-state index contributed by atoms with van der Waals surface area (Å²) in [6.45, 7) is 1.95. The second-order valence-corrected chi connectivity index (χ2v) is 6.72. The second-order valence-electron chi connectivity index (χ2n) is 6.36. The molecular formula is C19H17ClFN4O2-. The molecule has 1 aliphatic heterocycles. The highest BCUT2D eigenvalue weighted by Gasteiger charge is 2.33. The minimum Gasteiger partial charge on any atom is -0.758 e. The van der Waals surface area contributed by atoms with Gasteiger partial charge in [0.1, 0.15) is 11.2 Å². The van der Waals surface area contributed by atoms with E-state index in [0.29, 0.717) is 17.7 Å². The van der Waals surface area contributed by atoms with Crippen molar-refractivity contribution in [1.82, 2.24) is 4.98 Å². The molecule has 0 aliphatic carbocycles. The van der Waals surface area contributed by atoms with Crippen LogP contribution in [0, 0.1) is 22.4 Å². The van der Waals surface area contributed by atoms with Gasteiger partial charge in [0.2, 0.25) is 0 Å². The van der Waals surface area contributed by atoms with Crippen LogP contribution in [0.25, 0.3) is 0 Å². The van der Waals surface area contributed by atoms with Crippen molar-refractivity contribution in [2.24, 2.45) is 0 Å². The van der Waals surface area contributed by atoms with Gasteiger partial charge < -0.3 is 15.6 Å². The van der Waals surface area contributed by atoms with Crippen LogP contribution in [0.15, 0.2) is 30.3 Å². The van der Waals surface area contributed by atoms with E-state index in [1.807, 2.05) is 6.92 Å². The Balaban J connectivity index is 1.81. The number of Topliss-reactive ketones (excluding diaryl/α,β-unsaturated/α-hetero) is 1. The van der Waals surface area contributed by atoms with Gasteiger partial charge in [0.05, 0.1) is 11.6 Å². The first kappa shape index (κ1) is 19.1. The number of para-hydroxylation sites is 1. The fraction of sp³-hybridized carbons (Fsp3) is 0.316. The Morgan fingerprint density at radius 2 is 2.22 bits per heavy atom. The van der Waals surface area contributed by atoms with Crippen molar-refractivity contribution < 1.29 is 9.18 Å². The molecule has 1 aliphatic rings. The predicted molar refractivity (Wildman–Crippen MR) is 101 cm³/mol. The zero-order chi connectivity index (χ0) is 19.6. The summed E-state index contributed by atoms with van der Waals surface area (Å²) in [6.07, 6.45) is 1.56. The summed E-state index contributed by atoms with van der Waals surface area (Å²) in [5, 5.41) is 25.0. The van der Waals surface area contributed by atoms with Crippen molar-refractivity contribution in [2.75, 3.05) is 10.4 Å². The number of benzene rings is 1. The molecule has 1 N–H and O–H groups in total. The van der Waals surface area contributed by atoms with Gasteiger partial charge in [0.15, 0.2) is 17.4 Å². The molecule has 0 amide bonds. The maximum Gasteiger partial charge on any atom is 0.186 e. The smallest absolute Gasteiger partial charge is 0.186 e. The maximum absolute atomic E-state index is 14.2. The van der Waals surface area contributed by atoms with Crippen LogP contribution >= 0.6 is 11.6 Å². The Kier molecular flexibility index (Phi) is 5.59. The quantitative estimate of drug-likeness (QED) is 0.743. The number of nitrogens with zero attached hydrogens (tertiary/aromatic N) is 3. The third-order valence-electron chi connectivity index (χ3n) is 4.53. The molecule has 8 heteroatoms. The van der Waals surface area contributed by atoms with E-state index in [9.17, 15) is 14.4 Å². The van der Waals surface area contributed by atoms with Crippen molar-refractivity contribution in [2.45, 2.75) is 38.3 Å². The summed E-state index contributed by atoms with van der Waals surface area (Å²) >= 11 is 5.89. The molecule has 0 spiro atoms. The molecule has 2 atom stereocenters. The van der Waals surface area contributed by atoms with Crippen LogP contribution in [0.3, 0.4) is 0 Å². The number of halogens is 2. The van der Waals surface area contributed by atoms with Gasteiger partial charge in [-0.25, -0.2) is 9.37 Å². The Bertz CT molecular complexity index is 915. The van der Waals surface area contributed by atoms with Crippen LogP contribution in [0.4, 0.5) is 15.9 Å². The molecule has 2 heterocycles. The lowest BCUT2D eigenvalue weighted by Crippen LogP contribution is -2.37. The van der Waals surface area contributed by atoms with Crippen molar-refractivity contribution in [3.8, 4) is 6.07 Å². The molecule has 140 valence electrons. The largest absolute Gasteiger partial charge is 0.758 e. The molecule has 2 aromatic rings. The number of nitriles is 1. The summed E-state index contributed by atoms with van der Waals surface area (Å²) in [5.41, 5.74) is 0.700. The van der Waals surface area contributed by atoms with E-state index in [1.165, 1.54) is 0 Å². The summed E-state index contributed by atoms with van der Waals surface area (Å²) in [6, 6.07) is 8.22. The number of pyridine rings is 1. The number of hydrogen-bond acceptors (Lipinski definition) is 6. The minimum absolute atomic E-state index is 0.0566. The zero-order valence-corrected chi connectivity index (χ0v) is 15.3. The monoisotopic (exact) mass is 387 g/mol. The molecule has 1 aromatic carbocycles. The van der Waals surface area contributed by atoms with Gasteiger partial charge >= 0.3 is 0 Å². The van der Waals surface area contributed by atoms with Crippen LogP contribution in [0.5, 0.6) is 0 Å². The van der Waals surface area contributed by atoms with Crippen LogP contribution in [0.1, 0.15) is 42.1 Å². The summed E-state index contributed by atoms with van der Waals surface area (Å²) < 4.78 is 14.2. The van der Waals surface area contributed by atoms with Crippen molar-refractivity contribution >= 4 is 28.9 Å². The fourth-order valence-corrected chi connectivity index (χ4v) is 3.42. The molecule has 1 aromatic heterocycles. The maximum atomic E-state index is 14.2. The first-order valence-electron chi connectivity index (χ1n) is 8.58. The van der Waals surface area contributed by atoms with Gasteiger partial charge in [-0.3, -0.25) is 4.79 Å². The van der Waals surface area contributed by atoms with Gasteiger partial charge in [-0.2, -0.15) is 5.26 Å². The first-order chi connectivity index (χ1) is 13.0. The predicted octanol–water partition coefficient (Wildman–Crippen LogP) is 4.29. The molecule has 2 unspecified atom stereocenters. The molecular weight excluding hydrogens is 371 g/mol. The third kappa shape index (κ3) is 3.72. The van der Waals surface area contributed by atoms with Crippen LogP contribution in [-0.2, 0) is 0 Å². The zero-order valence-electron chi connectivity index (χ0n) is 14.6. The second kappa shape index (κ2) is 7.91. The van der Waals surface area contributed by atoms with Crippen molar-refractivity contribution in [3.05, 3.63) is 57.6 Å². The highest BCUT2D eigenvalue weighted by atomic mass is 35.5. The number of rotatable bonds is 6. The molecule has 0 radical (unpaired) electrons. The number of ketones is 1. The van der Waals surface area contributed by atoms with E-state index in [4.69, 9.17) is 16.9 Å². The first-order valence-corrected chi connectivity index (χ1v) is 8.96. The highest BCUT2D eigenvalue weighted by Crippen LogP contribution is 2.34. The topological polar surface area (TPSA) is 92.1 Å². The summed E-state index contributed by atoms with van der Waals surface area (Å²) in [5.74, 6) is -1.05. The highest BCUT2D eigenvalue weighted by molar-refractivity contribution is 6.30. The van der Waals surface area contributed by atoms with Crippen LogP contribution < -0.4 is 10.4 Å². The van der Waals surface area contributed by atoms with Gasteiger partial charge in [0, 0.05) is 17.3 Å². The van der Waals surface area contributed by atoms with Gasteiger partial charge in [-0.05, 0) is 31.0 Å². The number of fused-ring (bicyclic) bond motifs is 1. The Morgan fingerprint density at radius 1 is 1.48 bits per heavy atom. The van der Waals surface area contributed by atoms with E-state index in [2.05, 4.69) is 10.3 Å². The van der Waals surface area contributed by atoms with Crippen LogP contribution in [-0.4, -0.2) is 22.9 Å². The molecule has 3 rings (SSSR count). The number of nitrogens with one attached hydrogen (secondary N) is 1. The summed E-state index contributed by atoms with van der Waals surface area (Å²) in [4.78, 5) is 16.5. The standard InChI is InChI=1S/C19H17ClFN4O2/c1-2-5-12(23-19-14(21)8-11(10-22)18(20)24-19)9-16-17(26)13-6-3-4-7-15(13)25(16)27/h3-4,6-8,12,16H,2,5,9H2,1H3,(H,23,24)/q-1. The Morgan fingerprint density at radius 3 is 2.89 bits per heavy atom.